The monoisotopic (exact) mass is 297 g/mol. The van der Waals surface area contributed by atoms with Crippen LogP contribution >= 0.6 is 11.6 Å². The molecule has 3 unspecified atom stereocenters. The Labute approximate surface area is 124 Å². The molecule has 5 heteroatoms. The highest BCUT2D eigenvalue weighted by Gasteiger charge is 2.31. The Hall–Kier alpha value is -1.26. The summed E-state index contributed by atoms with van der Waals surface area (Å²) < 4.78 is 5.63. The lowest BCUT2D eigenvalue weighted by Crippen LogP contribution is -2.39. The van der Waals surface area contributed by atoms with Gasteiger partial charge in [0.25, 0.3) is 5.91 Å². The number of hydrogen-bond donors (Lipinski definition) is 1. The Morgan fingerprint density at radius 1 is 1.50 bits per heavy atom. The Balaban J connectivity index is 1.93. The van der Waals surface area contributed by atoms with Crippen LogP contribution in [0.2, 0.25) is 5.02 Å². The molecule has 0 aromatic heterocycles. The average Bonchev–Trinajstić information content (AvgIpc) is 2.87. The molecule has 4 nitrogen and oxygen atoms in total. The lowest BCUT2D eigenvalue weighted by Gasteiger charge is -2.22. The maximum absolute atomic E-state index is 12.3. The van der Waals surface area contributed by atoms with Crippen LogP contribution in [-0.2, 0) is 4.79 Å². The summed E-state index contributed by atoms with van der Waals surface area (Å²) in [5, 5.41) is 10.2. The molecule has 1 fully saturated rings. The third-order valence-electron chi connectivity index (χ3n) is 3.68. The third kappa shape index (κ3) is 3.64. The molecule has 1 N–H and O–H groups in total. The fraction of sp³-hybridized carbons (Fsp3) is 0.533. The van der Waals surface area contributed by atoms with Gasteiger partial charge in [0.2, 0.25) is 0 Å². The molecular weight excluding hydrogens is 278 g/mol. The number of amides is 1. The molecule has 0 bridgehead atoms. The molecule has 1 aliphatic rings. The molecule has 0 aliphatic carbocycles. The number of benzene rings is 1. The smallest absolute Gasteiger partial charge is 0.263 e. The van der Waals surface area contributed by atoms with Crippen LogP contribution in [0.1, 0.15) is 20.3 Å². The van der Waals surface area contributed by atoms with E-state index in [9.17, 15) is 9.90 Å². The van der Waals surface area contributed by atoms with Gasteiger partial charge in [-0.15, -0.1) is 0 Å². The van der Waals surface area contributed by atoms with Crippen LogP contribution in [0.5, 0.6) is 5.75 Å². The van der Waals surface area contributed by atoms with Crippen molar-refractivity contribution >= 4 is 17.5 Å². The van der Waals surface area contributed by atoms with Crippen LogP contribution in [0.4, 0.5) is 0 Å². The first-order chi connectivity index (χ1) is 9.47. The summed E-state index contributed by atoms with van der Waals surface area (Å²) >= 11 is 5.89. The van der Waals surface area contributed by atoms with Crippen molar-refractivity contribution < 1.29 is 14.6 Å². The largest absolute Gasteiger partial charge is 0.481 e. The molecule has 1 heterocycles. The summed E-state index contributed by atoms with van der Waals surface area (Å²) in [6, 6.07) is 7.01. The number of likely N-dealkylation sites (tertiary alicyclic amines) is 1. The zero-order valence-corrected chi connectivity index (χ0v) is 12.5. The van der Waals surface area contributed by atoms with Crippen LogP contribution in [0.3, 0.4) is 0 Å². The van der Waals surface area contributed by atoms with Gasteiger partial charge in [0.15, 0.2) is 6.10 Å². The Morgan fingerprint density at radius 3 is 2.85 bits per heavy atom. The van der Waals surface area contributed by atoms with Crippen molar-refractivity contribution in [3.05, 3.63) is 29.3 Å². The summed E-state index contributed by atoms with van der Waals surface area (Å²) in [5.74, 6) is 0.704. The van der Waals surface area contributed by atoms with E-state index in [2.05, 4.69) is 0 Å². The standard InChI is InChI=1S/C15H20ClNO3/c1-10(18)12-6-7-17(9-12)15(19)11(2)20-14-5-3-4-13(16)8-14/h3-5,8,10-12,18H,6-7,9H2,1-2H3. The molecule has 0 saturated carbocycles. The summed E-state index contributed by atoms with van der Waals surface area (Å²) in [4.78, 5) is 14.0. The van der Waals surface area contributed by atoms with Crippen molar-refractivity contribution in [2.24, 2.45) is 5.92 Å². The van der Waals surface area contributed by atoms with E-state index in [1.54, 1.807) is 43.0 Å². The van der Waals surface area contributed by atoms with E-state index in [1.165, 1.54) is 0 Å². The van der Waals surface area contributed by atoms with Crippen molar-refractivity contribution in [3.8, 4) is 5.75 Å². The van der Waals surface area contributed by atoms with Crippen molar-refractivity contribution in [3.63, 3.8) is 0 Å². The van der Waals surface area contributed by atoms with E-state index in [0.29, 0.717) is 23.9 Å². The predicted octanol–water partition coefficient (Wildman–Crippen LogP) is 2.34. The first-order valence-electron chi connectivity index (χ1n) is 6.86. The quantitative estimate of drug-likeness (QED) is 0.928. The minimum Gasteiger partial charge on any atom is -0.481 e. The number of carbonyl (C=O) groups is 1. The third-order valence-corrected chi connectivity index (χ3v) is 3.91. The summed E-state index contributed by atoms with van der Waals surface area (Å²) in [6.07, 6.45) is -0.0917. The van der Waals surface area contributed by atoms with Crippen LogP contribution in [0.15, 0.2) is 24.3 Å². The molecule has 3 atom stereocenters. The minimum absolute atomic E-state index is 0.0480. The van der Waals surface area contributed by atoms with Gasteiger partial charge in [0.05, 0.1) is 6.10 Å². The fourth-order valence-corrected chi connectivity index (χ4v) is 2.61. The first kappa shape index (κ1) is 15.1. The summed E-state index contributed by atoms with van der Waals surface area (Å²) in [6.45, 7) is 4.78. The maximum atomic E-state index is 12.3. The van der Waals surface area contributed by atoms with Crippen molar-refractivity contribution in [2.45, 2.75) is 32.5 Å². The summed E-state index contributed by atoms with van der Waals surface area (Å²) in [5.41, 5.74) is 0. The Morgan fingerprint density at radius 2 is 2.25 bits per heavy atom. The summed E-state index contributed by atoms with van der Waals surface area (Å²) in [7, 11) is 0. The zero-order valence-electron chi connectivity index (χ0n) is 11.8. The second kappa shape index (κ2) is 6.46. The molecule has 1 aliphatic heterocycles. The number of hydrogen-bond acceptors (Lipinski definition) is 3. The molecule has 2 rings (SSSR count). The van der Waals surface area contributed by atoms with Crippen molar-refractivity contribution in [1.29, 1.82) is 0 Å². The second-order valence-corrected chi connectivity index (χ2v) is 5.73. The Bertz CT molecular complexity index is 478. The van der Waals surface area contributed by atoms with Gasteiger partial charge < -0.3 is 14.7 Å². The predicted molar refractivity (Wildman–Crippen MR) is 77.9 cm³/mol. The number of aliphatic hydroxyl groups excluding tert-OH is 1. The van der Waals surface area contributed by atoms with E-state index < -0.39 is 6.10 Å². The van der Waals surface area contributed by atoms with Gasteiger partial charge >= 0.3 is 0 Å². The van der Waals surface area contributed by atoms with Gasteiger partial charge in [-0.3, -0.25) is 4.79 Å². The van der Waals surface area contributed by atoms with Crippen molar-refractivity contribution in [2.75, 3.05) is 13.1 Å². The minimum atomic E-state index is -0.554. The molecule has 1 saturated heterocycles. The number of rotatable bonds is 4. The van der Waals surface area contributed by atoms with Crippen LogP contribution in [-0.4, -0.2) is 41.2 Å². The lowest BCUT2D eigenvalue weighted by atomic mass is 10.0. The molecule has 1 aromatic rings. The van der Waals surface area contributed by atoms with Crippen molar-refractivity contribution in [1.82, 2.24) is 4.90 Å². The average molecular weight is 298 g/mol. The molecular formula is C15H20ClNO3. The normalized spacial score (nSPS) is 21.6. The molecule has 1 amide bonds. The number of aliphatic hydroxyl groups is 1. The van der Waals surface area contributed by atoms with E-state index in [0.717, 1.165) is 6.42 Å². The zero-order chi connectivity index (χ0) is 14.7. The van der Waals surface area contributed by atoms with Crippen LogP contribution < -0.4 is 4.74 Å². The highest BCUT2D eigenvalue weighted by atomic mass is 35.5. The lowest BCUT2D eigenvalue weighted by molar-refractivity contribution is -0.137. The van der Waals surface area contributed by atoms with Crippen LogP contribution in [0.25, 0.3) is 0 Å². The number of halogens is 1. The molecule has 20 heavy (non-hydrogen) atoms. The van der Waals surface area contributed by atoms with Crippen LogP contribution in [0, 0.1) is 5.92 Å². The van der Waals surface area contributed by atoms with Gasteiger partial charge in [-0.2, -0.15) is 0 Å². The molecule has 1 aromatic carbocycles. The molecule has 0 spiro atoms. The number of carbonyl (C=O) groups excluding carboxylic acids is 1. The molecule has 0 radical (unpaired) electrons. The van der Waals surface area contributed by atoms with E-state index in [4.69, 9.17) is 16.3 Å². The topological polar surface area (TPSA) is 49.8 Å². The van der Waals surface area contributed by atoms with E-state index in [1.807, 2.05) is 0 Å². The Kier molecular flexibility index (Phi) is 4.89. The number of ether oxygens (including phenoxy) is 1. The highest BCUT2D eigenvalue weighted by Crippen LogP contribution is 2.22. The highest BCUT2D eigenvalue weighted by molar-refractivity contribution is 6.30. The number of nitrogens with zero attached hydrogens (tertiary/aromatic N) is 1. The van der Waals surface area contributed by atoms with Gasteiger partial charge in [-0.1, -0.05) is 17.7 Å². The van der Waals surface area contributed by atoms with Gasteiger partial charge in [-0.25, -0.2) is 0 Å². The van der Waals surface area contributed by atoms with Gasteiger partial charge in [0, 0.05) is 24.0 Å². The fourth-order valence-electron chi connectivity index (χ4n) is 2.43. The van der Waals surface area contributed by atoms with E-state index in [-0.39, 0.29) is 17.9 Å². The van der Waals surface area contributed by atoms with Gasteiger partial charge in [-0.05, 0) is 38.5 Å². The van der Waals surface area contributed by atoms with E-state index >= 15 is 0 Å². The SMILES string of the molecule is CC(Oc1cccc(Cl)c1)C(=O)N1CCC(C(C)O)C1. The molecule has 110 valence electrons. The maximum Gasteiger partial charge on any atom is 0.263 e. The van der Waals surface area contributed by atoms with Gasteiger partial charge in [0.1, 0.15) is 5.75 Å². The first-order valence-corrected chi connectivity index (χ1v) is 7.24. The second-order valence-electron chi connectivity index (χ2n) is 5.29.